The molecule has 0 spiro atoms. The molecule has 0 bridgehead atoms. The van der Waals surface area contributed by atoms with Crippen molar-refractivity contribution in [3.8, 4) is 0 Å². The predicted molar refractivity (Wildman–Crippen MR) is 82.4 cm³/mol. The quantitative estimate of drug-likeness (QED) is 0.456. The number of carboxylic acid groups (broad SMARTS) is 1. The number of rotatable bonds is 7. The summed E-state index contributed by atoms with van der Waals surface area (Å²) in [4.78, 5) is 13.8. The van der Waals surface area contributed by atoms with Crippen LogP contribution in [0.15, 0.2) is 12.2 Å². The summed E-state index contributed by atoms with van der Waals surface area (Å²) in [5.74, 6) is -1.19. The van der Waals surface area contributed by atoms with Crippen LogP contribution in [0.1, 0.15) is 6.92 Å². The summed E-state index contributed by atoms with van der Waals surface area (Å²) in [6, 6.07) is 0. The van der Waals surface area contributed by atoms with Crippen molar-refractivity contribution in [1.82, 2.24) is 9.80 Å². The van der Waals surface area contributed by atoms with Gasteiger partial charge in [-0.15, -0.1) is 0 Å². The first kappa shape index (κ1) is 28.5. The number of hydrogen-bond acceptors (Lipinski definition) is 4. The standard InChI is InChI=1S/2C5H14N2.C4H6O2.ClH/c2*1-6-4-5-7(2)3;1-3(2)4(5)6;/h2*6H,4-5H2,1-3H3;1H2,2H3,(H,5,6);1H. The number of carbonyl (C=O) groups is 1. The lowest BCUT2D eigenvalue weighted by Gasteiger charge is -2.04. The zero-order chi connectivity index (χ0) is 16.6. The van der Waals surface area contributed by atoms with Crippen molar-refractivity contribution in [3.63, 3.8) is 0 Å². The SMILES string of the molecule is C=C(C)C(=O)[O-].C[NH2+]CCN(C)C.C[NH2+]CCN(C)C.[Cl-]. The minimum absolute atomic E-state index is 0. The lowest BCUT2D eigenvalue weighted by Crippen LogP contribution is -3.00. The fraction of sp³-hybridized carbons (Fsp3) is 0.786. The second kappa shape index (κ2) is 21.6. The largest absolute Gasteiger partial charge is 1.00 e. The average molecular weight is 327 g/mol. The summed E-state index contributed by atoms with van der Waals surface area (Å²) < 4.78 is 0. The molecular formula is C14H35ClN4O2. The second-order valence-corrected chi connectivity index (χ2v) is 5.07. The Hall–Kier alpha value is -0.660. The van der Waals surface area contributed by atoms with E-state index in [1.807, 2.05) is 0 Å². The van der Waals surface area contributed by atoms with E-state index in [0.717, 1.165) is 0 Å². The van der Waals surface area contributed by atoms with Gasteiger partial charge in [-0.05, 0) is 40.7 Å². The van der Waals surface area contributed by atoms with Crippen molar-refractivity contribution < 1.29 is 32.9 Å². The number of nitrogens with zero attached hydrogens (tertiary/aromatic N) is 2. The third-order valence-electron chi connectivity index (χ3n) is 2.08. The van der Waals surface area contributed by atoms with Gasteiger partial charge in [0.2, 0.25) is 0 Å². The fourth-order valence-corrected chi connectivity index (χ4v) is 0.775. The van der Waals surface area contributed by atoms with Gasteiger partial charge in [-0.25, -0.2) is 0 Å². The van der Waals surface area contributed by atoms with Gasteiger partial charge in [0.05, 0.1) is 33.2 Å². The molecule has 0 aliphatic heterocycles. The number of nitrogens with two attached hydrogens (primary N) is 2. The predicted octanol–water partition coefficient (Wildman–Crippen LogP) is -6.20. The van der Waals surface area contributed by atoms with Gasteiger partial charge in [0.25, 0.3) is 0 Å². The average Bonchev–Trinajstić information content (AvgIpc) is 2.35. The molecule has 0 saturated carbocycles. The van der Waals surface area contributed by atoms with Gasteiger partial charge in [0.1, 0.15) is 0 Å². The minimum Gasteiger partial charge on any atom is -1.00 e. The van der Waals surface area contributed by atoms with E-state index in [2.05, 4.69) is 69.3 Å². The first-order valence-corrected chi connectivity index (χ1v) is 6.90. The molecule has 0 aromatic carbocycles. The van der Waals surface area contributed by atoms with Crippen molar-refractivity contribution in [2.24, 2.45) is 0 Å². The maximum Gasteiger partial charge on any atom is 0.0882 e. The molecule has 130 valence electrons. The van der Waals surface area contributed by atoms with Crippen LogP contribution in [0.3, 0.4) is 0 Å². The van der Waals surface area contributed by atoms with Crippen LogP contribution in [0, 0.1) is 0 Å². The zero-order valence-corrected chi connectivity index (χ0v) is 15.5. The Kier molecular flexibility index (Phi) is 29.4. The van der Waals surface area contributed by atoms with Gasteiger partial charge in [0.15, 0.2) is 0 Å². The Bertz CT molecular complexity index is 213. The van der Waals surface area contributed by atoms with Gasteiger partial charge >= 0.3 is 0 Å². The molecule has 0 heterocycles. The van der Waals surface area contributed by atoms with Crippen LogP contribution in [-0.4, -0.2) is 84.2 Å². The summed E-state index contributed by atoms with van der Waals surface area (Å²) >= 11 is 0. The van der Waals surface area contributed by atoms with Crippen LogP contribution >= 0.6 is 0 Å². The van der Waals surface area contributed by atoms with Crippen molar-refractivity contribution >= 4 is 5.97 Å². The van der Waals surface area contributed by atoms with Gasteiger partial charge in [-0.3, -0.25) is 0 Å². The molecule has 6 nitrogen and oxygen atoms in total. The van der Waals surface area contributed by atoms with Crippen molar-refractivity contribution in [1.29, 1.82) is 0 Å². The molecule has 0 radical (unpaired) electrons. The van der Waals surface area contributed by atoms with Crippen LogP contribution in [0.5, 0.6) is 0 Å². The number of halogens is 1. The van der Waals surface area contributed by atoms with Crippen LogP contribution in [0.4, 0.5) is 0 Å². The van der Waals surface area contributed by atoms with Gasteiger partial charge in [-0.2, -0.15) is 0 Å². The summed E-state index contributed by atoms with van der Waals surface area (Å²) in [7, 11) is 12.5. The van der Waals surface area contributed by atoms with E-state index in [4.69, 9.17) is 0 Å². The lowest BCUT2D eigenvalue weighted by molar-refractivity contribution is -0.626. The number of carboxylic acids is 1. The van der Waals surface area contributed by atoms with E-state index in [1.165, 1.54) is 33.1 Å². The zero-order valence-electron chi connectivity index (χ0n) is 14.8. The molecule has 4 N–H and O–H groups in total. The van der Waals surface area contributed by atoms with Crippen molar-refractivity contribution in [3.05, 3.63) is 12.2 Å². The van der Waals surface area contributed by atoms with E-state index >= 15 is 0 Å². The molecule has 7 heteroatoms. The van der Waals surface area contributed by atoms with E-state index in [1.54, 1.807) is 0 Å². The molecule has 21 heavy (non-hydrogen) atoms. The summed E-state index contributed by atoms with van der Waals surface area (Å²) in [5, 5.41) is 13.8. The molecule has 0 fully saturated rings. The third-order valence-corrected chi connectivity index (χ3v) is 2.08. The Balaban J connectivity index is -0.000000101. The fourth-order valence-electron chi connectivity index (χ4n) is 0.775. The van der Waals surface area contributed by atoms with E-state index in [-0.39, 0.29) is 18.0 Å². The van der Waals surface area contributed by atoms with Crippen LogP contribution in [-0.2, 0) is 4.79 Å². The number of quaternary nitrogens is 2. The Morgan fingerprint density at radius 2 is 1.24 bits per heavy atom. The smallest absolute Gasteiger partial charge is 0.0882 e. The summed E-state index contributed by atoms with van der Waals surface area (Å²) in [6.45, 7) is 9.23. The lowest BCUT2D eigenvalue weighted by atomic mass is 10.4. The summed E-state index contributed by atoms with van der Waals surface area (Å²) in [6.07, 6.45) is 0. The highest BCUT2D eigenvalue weighted by Gasteiger charge is 1.86. The highest BCUT2D eigenvalue weighted by molar-refractivity contribution is 5.82. The van der Waals surface area contributed by atoms with Crippen LogP contribution in [0.2, 0.25) is 0 Å². The molecule has 0 aromatic rings. The second-order valence-electron chi connectivity index (χ2n) is 5.07. The first-order chi connectivity index (χ1) is 9.18. The minimum atomic E-state index is -1.19. The van der Waals surface area contributed by atoms with E-state index < -0.39 is 5.97 Å². The molecule has 0 aliphatic rings. The Morgan fingerprint density at radius 3 is 1.29 bits per heavy atom. The maximum atomic E-state index is 9.49. The molecule has 0 aliphatic carbocycles. The monoisotopic (exact) mass is 326 g/mol. The van der Waals surface area contributed by atoms with Gasteiger partial charge in [0, 0.05) is 13.1 Å². The topological polar surface area (TPSA) is 79.8 Å². The van der Waals surface area contributed by atoms with Crippen LogP contribution in [0.25, 0.3) is 0 Å². The first-order valence-electron chi connectivity index (χ1n) is 6.90. The Morgan fingerprint density at radius 1 is 1.00 bits per heavy atom. The number of likely N-dealkylation sites (N-methyl/N-ethyl adjacent to an activating group) is 4. The van der Waals surface area contributed by atoms with E-state index in [0.29, 0.717) is 0 Å². The molecule has 0 saturated heterocycles. The molecule has 0 aromatic heterocycles. The normalized spacial score (nSPS) is 9.00. The number of carbonyl (C=O) groups excluding carboxylic acids is 1. The highest BCUT2D eigenvalue weighted by Crippen LogP contribution is 1.77. The maximum absolute atomic E-state index is 9.49. The number of aliphatic carboxylic acids is 1. The van der Waals surface area contributed by atoms with Crippen molar-refractivity contribution in [2.75, 3.05) is 68.5 Å². The molecule has 0 atom stereocenters. The van der Waals surface area contributed by atoms with Crippen LogP contribution < -0.4 is 28.1 Å². The third kappa shape index (κ3) is 45.2. The van der Waals surface area contributed by atoms with Crippen molar-refractivity contribution in [2.45, 2.75) is 6.92 Å². The molecular weight excluding hydrogens is 292 g/mol. The van der Waals surface area contributed by atoms with Gasteiger partial charge < -0.3 is 42.7 Å². The molecule has 0 amide bonds. The molecule has 0 unspecified atom stereocenters. The van der Waals surface area contributed by atoms with E-state index in [9.17, 15) is 9.90 Å². The molecule has 0 rings (SSSR count). The van der Waals surface area contributed by atoms with Gasteiger partial charge in [-0.1, -0.05) is 6.58 Å². The number of hydrogen-bond donors (Lipinski definition) is 2. The highest BCUT2D eigenvalue weighted by atomic mass is 35.5. The Labute approximate surface area is 137 Å². The summed E-state index contributed by atoms with van der Waals surface area (Å²) in [5.41, 5.74) is 0.0648.